The average molecular weight is 257 g/mol. The number of benzene rings is 1. The van der Waals surface area contributed by atoms with E-state index in [4.69, 9.17) is 4.74 Å². The fourth-order valence-corrected chi connectivity index (χ4v) is 2.70. The van der Waals surface area contributed by atoms with Gasteiger partial charge >= 0.3 is 5.97 Å². The first-order valence-electron chi connectivity index (χ1n) is 6.55. The number of aromatic amines is 1. The molecule has 0 radical (unpaired) electrons. The molecule has 0 atom stereocenters. The fourth-order valence-electron chi connectivity index (χ4n) is 2.70. The SMILES string of the molecule is CCOC(=O)C(=O)c1ccc2[nH]c3c(c2c1)CCC3. The Morgan fingerprint density at radius 1 is 1.32 bits per heavy atom. The third-order valence-corrected chi connectivity index (χ3v) is 3.57. The van der Waals surface area contributed by atoms with Crippen LogP contribution in [-0.2, 0) is 22.4 Å². The Morgan fingerprint density at radius 2 is 2.16 bits per heavy atom. The number of rotatable bonds is 3. The monoisotopic (exact) mass is 257 g/mol. The highest BCUT2D eigenvalue weighted by atomic mass is 16.5. The number of nitrogens with one attached hydrogen (secondary N) is 1. The number of fused-ring (bicyclic) bond motifs is 3. The summed E-state index contributed by atoms with van der Waals surface area (Å²) in [7, 11) is 0. The minimum absolute atomic E-state index is 0.215. The van der Waals surface area contributed by atoms with Gasteiger partial charge in [-0.05, 0) is 49.9 Å². The maximum absolute atomic E-state index is 11.9. The van der Waals surface area contributed by atoms with Gasteiger partial charge in [-0.3, -0.25) is 4.79 Å². The first-order valence-corrected chi connectivity index (χ1v) is 6.55. The van der Waals surface area contributed by atoms with Crippen LogP contribution in [0.1, 0.15) is 35.0 Å². The number of hydrogen-bond donors (Lipinski definition) is 1. The van der Waals surface area contributed by atoms with Crippen LogP contribution in [0.5, 0.6) is 0 Å². The molecule has 2 aromatic rings. The molecule has 3 rings (SSSR count). The van der Waals surface area contributed by atoms with Gasteiger partial charge in [0.1, 0.15) is 0 Å². The number of aryl methyl sites for hydroxylation is 2. The summed E-state index contributed by atoms with van der Waals surface area (Å²) >= 11 is 0. The molecule has 1 aromatic heterocycles. The minimum Gasteiger partial charge on any atom is -0.460 e. The van der Waals surface area contributed by atoms with Crippen LogP contribution in [0.3, 0.4) is 0 Å². The molecule has 1 heterocycles. The number of esters is 1. The van der Waals surface area contributed by atoms with Crippen molar-refractivity contribution in [2.75, 3.05) is 6.61 Å². The molecular weight excluding hydrogens is 242 g/mol. The molecular formula is C15H15NO3. The Morgan fingerprint density at radius 3 is 2.95 bits per heavy atom. The molecule has 0 fully saturated rings. The van der Waals surface area contributed by atoms with E-state index in [0.717, 1.165) is 30.2 Å². The molecule has 0 unspecified atom stereocenters. The molecule has 4 nitrogen and oxygen atoms in total. The van der Waals surface area contributed by atoms with Gasteiger partial charge in [-0.15, -0.1) is 0 Å². The third kappa shape index (κ3) is 1.93. The van der Waals surface area contributed by atoms with Crippen molar-refractivity contribution in [3.8, 4) is 0 Å². The summed E-state index contributed by atoms with van der Waals surface area (Å²) in [6.45, 7) is 1.90. The number of carbonyl (C=O) groups excluding carboxylic acids is 2. The summed E-state index contributed by atoms with van der Waals surface area (Å²) in [4.78, 5) is 26.8. The maximum Gasteiger partial charge on any atom is 0.379 e. The van der Waals surface area contributed by atoms with Gasteiger partial charge in [0, 0.05) is 22.2 Å². The van der Waals surface area contributed by atoms with E-state index in [-0.39, 0.29) is 6.61 Å². The predicted molar refractivity (Wildman–Crippen MR) is 71.3 cm³/mol. The van der Waals surface area contributed by atoms with Gasteiger partial charge in [0.25, 0.3) is 5.78 Å². The van der Waals surface area contributed by atoms with Crippen LogP contribution < -0.4 is 0 Å². The lowest BCUT2D eigenvalue weighted by Crippen LogP contribution is -2.17. The molecule has 0 saturated carbocycles. The summed E-state index contributed by atoms with van der Waals surface area (Å²) in [5, 5.41) is 1.06. The lowest BCUT2D eigenvalue weighted by Gasteiger charge is -2.02. The van der Waals surface area contributed by atoms with Crippen LogP contribution in [0.25, 0.3) is 10.9 Å². The summed E-state index contributed by atoms with van der Waals surface area (Å²) in [5.74, 6) is -1.36. The highest BCUT2D eigenvalue weighted by Crippen LogP contribution is 2.30. The third-order valence-electron chi connectivity index (χ3n) is 3.57. The Bertz CT molecular complexity index is 669. The van der Waals surface area contributed by atoms with E-state index in [1.807, 2.05) is 6.07 Å². The molecule has 0 aliphatic heterocycles. The number of Topliss-reactive ketones (excluding diaryl/α,β-unsaturated/α-hetero) is 1. The highest BCUT2D eigenvalue weighted by Gasteiger charge is 2.21. The van der Waals surface area contributed by atoms with Crippen LogP contribution in [0.15, 0.2) is 18.2 Å². The molecule has 0 amide bonds. The lowest BCUT2D eigenvalue weighted by atomic mass is 10.1. The molecule has 4 heteroatoms. The van der Waals surface area contributed by atoms with Crippen molar-refractivity contribution < 1.29 is 14.3 Å². The van der Waals surface area contributed by atoms with Gasteiger partial charge in [-0.2, -0.15) is 0 Å². The number of carbonyl (C=O) groups is 2. The van der Waals surface area contributed by atoms with Crippen LogP contribution in [0, 0.1) is 0 Å². The van der Waals surface area contributed by atoms with Crippen molar-refractivity contribution >= 4 is 22.7 Å². The van der Waals surface area contributed by atoms with Crippen LogP contribution in [0.4, 0.5) is 0 Å². The van der Waals surface area contributed by atoms with Gasteiger partial charge in [-0.1, -0.05) is 0 Å². The van der Waals surface area contributed by atoms with Crippen LogP contribution >= 0.6 is 0 Å². The van der Waals surface area contributed by atoms with Crippen molar-refractivity contribution in [1.82, 2.24) is 4.98 Å². The van der Waals surface area contributed by atoms with Crippen molar-refractivity contribution in [3.05, 3.63) is 35.0 Å². The van der Waals surface area contributed by atoms with Gasteiger partial charge in [0.2, 0.25) is 0 Å². The van der Waals surface area contributed by atoms with Crippen molar-refractivity contribution in [2.24, 2.45) is 0 Å². The lowest BCUT2D eigenvalue weighted by molar-refractivity contribution is -0.137. The van der Waals surface area contributed by atoms with Gasteiger partial charge in [-0.25, -0.2) is 4.79 Å². The second-order valence-electron chi connectivity index (χ2n) is 4.75. The highest BCUT2D eigenvalue weighted by molar-refractivity contribution is 6.40. The zero-order chi connectivity index (χ0) is 13.4. The second kappa shape index (κ2) is 4.53. The first-order chi connectivity index (χ1) is 9.20. The van der Waals surface area contributed by atoms with E-state index in [9.17, 15) is 9.59 Å². The zero-order valence-corrected chi connectivity index (χ0v) is 10.8. The predicted octanol–water partition coefficient (Wildman–Crippen LogP) is 2.40. The van der Waals surface area contributed by atoms with E-state index in [1.54, 1.807) is 19.1 Å². The largest absolute Gasteiger partial charge is 0.460 e. The number of ether oxygens (including phenoxy) is 1. The van der Waals surface area contributed by atoms with E-state index in [2.05, 4.69) is 4.98 Å². The number of H-pyrrole nitrogens is 1. The molecule has 1 aromatic carbocycles. The van der Waals surface area contributed by atoms with Crippen LogP contribution in [-0.4, -0.2) is 23.3 Å². The Kier molecular flexibility index (Phi) is 2.85. The normalized spacial score (nSPS) is 13.5. The molecule has 1 N–H and O–H groups in total. The van der Waals surface area contributed by atoms with E-state index < -0.39 is 11.8 Å². The second-order valence-corrected chi connectivity index (χ2v) is 4.75. The van der Waals surface area contributed by atoms with Crippen LogP contribution in [0.2, 0.25) is 0 Å². The van der Waals surface area contributed by atoms with E-state index in [0.29, 0.717) is 5.56 Å². The van der Waals surface area contributed by atoms with Crippen molar-refractivity contribution in [3.63, 3.8) is 0 Å². The van der Waals surface area contributed by atoms with Crippen molar-refractivity contribution in [2.45, 2.75) is 26.2 Å². The summed E-state index contributed by atoms with van der Waals surface area (Å²) in [5.41, 5.74) is 3.98. The maximum atomic E-state index is 11.9. The smallest absolute Gasteiger partial charge is 0.379 e. The Hall–Kier alpha value is -2.10. The molecule has 98 valence electrons. The van der Waals surface area contributed by atoms with Gasteiger partial charge < -0.3 is 9.72 Å². The fraction of sp³-hybridized carbons (Fsp3) is 0.333. The molecule has 1 aliphatic carbocycles. The zero-order valence-electron chi connectivity index (χ0n) is 10.8. The van der Waals surface area contributed by atoms with Gasteiger partial charge in [0.05, 0.1) is 6.61 Å². The van der Waals surface area contributed by atoms with Crippen molar-refractivity contribution in [1.29, 1.82) is 0 Å². The molecule has 0 bridgehead atoms. The summed E-state index contributed by atoms with van der Waals surface area (Å²) in [6, 6.07) is 5.34. The summed E-state index contributed by atoms with van der Waals surface area (Å²) < 4.78 is 4.75. The standard InChI is InChI=1S/C15H15NO3/c1-2-19-15(18)14(17)9-6-7-13-11(8-9)10-4-3-5-12(10)16-13/h6-8,16H,2-5H2,1H3. The average Bonchev–Trinajstić information content (AvgIpc) is 2.98. The topological polar surface area (TPSA) is 59.2 Å². The minimum atomic E-state index is -0.783. The van der Waals surface area contributed by atoms with Gasteiger partial charge in [0.15, 0.2) is 0 Å². The number of hydrogen-bond acceptors (Lipinski definition) is 3. The number of ketones is 1. The molecule has 0 saturated heterocycles. The Balaban J connectivity index is 2.01. The molecule has 19 heavy (non-hydrogen) atoms. The van der Waals surface area contributed by atoms with E-state index >= 15 is 0 Å². The quantitative estimate of drug-likeness (QED) is 0.522. The summed E-state index contributed by atoms with van der Waals surface area (Å²) in [6.07, 6.45) is 3.24. The van der Waals surface area contributed by atoms with E-state index in [1.165, 1.54) is 11.3 Å². The first kappa shape index (κ1) is 12.0. The molecule has 1 aliphatic rings. The number of aromatic nitrogens is 1. The molecule has 0 spiro atoms. The Labute approximate surface area is 110 Å².